The predicted octanol–water partition coefficient (Wildman–Crippen LogP) is -0.855. The molecule has 0 aliphatic rings. The summed E-state index contributed by atoms with van der Waals surface area (Å²) < 4.78 is 13.7. The SMILES string of the molecule is NC(CO)C(=O)NS(=O)c1ccccc1. The predicted molar refractivity (Wildman–Crippen MR) is 56.1 cm³/mol. The molecule has 0 spiro atoms. The molecule has 1 rings (SSSR count). The lowest BCUT2D eigenvalue weighted by atomic mass is 10.3. The molecule has 15 heavy (non-hydrogen) atoms. The fourth-order valence-electron chi connectivity index (χ4n) is 0.853. The third-order valence-corrected chi connectivity index (χ3v) is 2.77. The molecular formula is C9H12N2O3S. The number of benzene rings is 1. The van der Waals surface area contributed by atoms with Gasteiger partial charge in [-0.2, -0.15) is 0 Å². The minimum absolute atomic E-state index is 0.474. The molecule has 0 radical (unpaired) electrons. The minimum Gasteiger partial charge on any atom is -0.394 e. The highest BCUT2D eigenvalue weighted by Gasteiger charge is 2.14. The van der Waals surface area contributed by atoms with Crippen molar-refractivity contribution in [3.63, 3.8) is 0 Å². The van der Waals surface area contributed by atoms with Crippen LogP contribution >= 0.6 is 0 Å². The van der Waals surface area contributed by atoms with Gasteiger partial charge in [-0.15, -0.1) is 0 Å². The molecule has 1 amide bonds. The van der Waals surface area contributed by atoms with Crippen molar-refractivity contribution in [1.29, 1.82) is 0 Å². The number of hydrogen-bond donors (Lipinski definition) is 3. The zero-order valence-electron chi connectivity index (χ0n) is 7.92. The maximum atomic E-state index is 11.5. The van der Waals surface area contributed by atoms with Gasteiger partial charge >= 0.3 is 0 Å². The van der Waals surface area contributed by atoms with E-state index in [4.69, 9.17) is 10.8 Å². The quantitative estimate of drug-likeness (QED) is 0.625. The fraction of sp³-hybridized carbons (Fsp3) is 0.222. The van der Waals surface area contributed by atoms with E-state index in [1.807, 2.05) is 0 Å². The maximum absolute atomic E-state index is 11.5. The van der Waals surface area contributed by atoms with Crippen LogP contribution in [-0.2, 0) is 15.8 Å². The molecule has 6 heteroatoms. The zero-order valence-corrected chi connectivity index (χ0v) is 8.74. The molecule has 0 aromatic heterocycles. The lowest BCUT2D eigenvalue weighted by molar-refractivity contribution is -0.121. The van der Waals surface area contributed by atoms with Crippen molar-refractivity contribution < 1.29 is 14.1 Å². The molecule has 82 valence electrons. The van der Waals surface area contributed by atoms with E-state index in [0.717, 1.165) is 0 Å². The van der Waals surface area contributed by atoms with E-state index >= 15 is 0 Å². The van der Waals surface area contributed by atoms with Gasteiger partial charge in [0.1, 0.15) is 6.04 Å². The first-order valence-electron chi connectivity index (χ1n) is 4.29. The number of hydrogen-bond acceptors (Lipinski definition) is 4. The molecular weight excluding hydrogens is 216 g/mol. The lowest BCUT2D eigenvalue weighted by Gasteiger charge is -2.08. The van der Waals surface area contributed by atoms with Gasteiger partial charge in [0, 0.05) is 0 Å². The van der Waals surface area contributed by atoms with E-state index in [9.17, 15) is 9.00 Å². The van der Waals surface area contributed by atoms with Crippen LogP contribution in [0.3, 0.4) is 0 Å². The summed E-state index contributed by atoms with van der Waals surface area (Å²) in [5.74, 6) is -0.639. The van der Waals surface area contributed by atoms with E-state index < -0.39 is 29.5 Å². The van der Waals surface area contributed by atoms with Crippen LogP contribution in [0, 0.1) is 0 Å². The van der Waals surface area contributed by atoms with Gasteiger partial charge < -0.3 is 10.8 Å². The van der Waals surface area contributed by atoms with Crippen molar-refractivity contribution >= 4 is 16.9 Å². The van der Waals surface area contributed by atoms with Crippen LogP contribution in [0.2, 0.25) is 0 Å². The van der Waals surface area contributed by atoms with Crippen LogP contribution in [0.5, 0.6) is 0 Å². The van der Waals surface area contributed by atoms with Crippen LogP contribution in [0.1, 0.15) is 0 Å². The molecule has 5 nitrogen and oxygen atoms in total. The third kappa shape index (κ3) is 3.43. The molecule has 0 saturated carbocycles. The summed E-state index contributed by atoms with van der Waals surface area (Å²) in [6.45, 7) is -0.474. The van der Waals surface area contributed by atoms with Gasteiger partial charge in [0.15, 0.2) is 11.0 Å². The van der Waals surface area contributed by atoms with Crippen molar-refractivity contribution in [2.75, 3.05) is 6.61 Å². The summed E-state index contributed by atoms with van der Waals surface area (Å²) in [4.78, 5) is 11.7. The van der Waals surface area contributed by atoms with Crippen molar-refractivity contribution in [1.82, 2.24) is 4.72 Å². The van der Waals surface area contributed by atoms with Gasteiger partial charge in [0.2, 0.25) is 0 Å². The average Bonchev–Trinajstić information content (AvgIpc) is 2.29. The van der Waals surface area contributed by atoms with E-state index in [1.54, 1.807) is 30.3 Å². The van der Waals surface area contributed by atoms with Crippen molar-refractivity contribution in [2.45, 2.75) is 10.9 Å². The molecule has 2 unspecified atom stereocenters. The summed E-state index contributed by atoms with van der Waals surface area (Å²) in [5, 5.41) is 8.60. The standard InChI is InChI=1S/C9H12N2O3S/c10-8(6-12)9(13)11-15(14)7-4-2-1-3-5-7/h1-5,8,12H,6,10H2,(H,11,13). The molecule has 0 fully saturated rings. The second-order valence-corrected chi connectivity index (χ2v) is 4.05. The number of carbonyl (C=O) groups excluding carboxylic acids is 1. The van der Waals surface area contributed by atoms with Gasteiger partial charge in [-0.1, -0.05) is 18.2 Å². The largest absolute Gasteiger partial charge is 0.394 e. The van der Waals surface area contributed by atoms with Gasteiger partial charge in [-0.3, -0.25) is 9.52 Å². The first-order chi connectivity index (χ1) is 7.15. The highest BCUT2D eigenvalue weighted by Crippen LogP contribution is 2.02. The normalized spacial score (nSPS) is 14.3. The molecule has 0 aliphatic carbocycles. The number of amides is 1. The number of nitrogens with one attached hydrogen (secondary N) is 1. The Morgan fingerprint density at radius 2 is 2.07 bits per heavy atom. The van der Waals surface area contributed by atoms with Crippen LogP contribution in [-0.4, -0.2) is 27.9 Å². The molecule has 1 aromatic rings. The number of rotatable bonds is 4. The highest BCUT2D eigenvalue weighted by atomic mass is 32.2. The Hall–Kier alpha value is -1.24. The minimum atomic E-state index is -1.63. The van der Waals surface area contributed by atoms with Gasteiger partial charge in [0.25, 0.3) is 5.91 Å². The number of carbonyl (C=O) groups is 1. The second-order valence-electron chi connectivity index (χ2n) is 2.84. The third-order valence-electron chi connectivity index (χ3n) is 1.68. The molecule has 0 bridgehead atoms. The summed E-state index contributed by atoms with van der Waals surface area (Å²) in [6, 6.07) is 7.41. The highest BCUT2D eigenvalue weighted by molar-refractivity contribution is 7.83. The second kappa shape index (κ2) is 5.59. The van der Waals surface area contributed by atoms with Crippen molar-refractivity contribution in [3.05, 3.63) is 30.3 Å². The zero-order chi connectivity index (χ0) is 11.3. The molecule has 0 heterocycles. The molecule has 2 atom stereocenters. The Bertz CT molecular complexity index is 356. The Morgan fingerprint density at radius 3 is 2.60 bits per heavy atom. The van der Waals surface area contributed by atoms with Crippen LogP contribution < -0.4 is 10.5 Å². The van der Waals surface area contributed by atoms with E-state index in [2.05, 4.69) is 4.72 Å². The smallest absolute Gasteiger partial charge is 0.251 e. The Kier molecular flexibility index (Phi) is 4.41. The first kappa shape index (κ1) is 11.8. The van der Waals surface area contributed by atoms with Crippen molar-refractivity contribution in [2.24, 2.45) is 5.73 Å². The van der Waals surface area contributed by atoms with Crippen molar-refractivity contribution in [3.8, 4) is 0 Å². The molecule has 1 aromatic carbocycles. The topological polar surface area (TPSA) is 92.4 Å². The molecule has 0 aliphatic heterocycles. The van der Waals surface area contributed by atoms with Gasteiger partial charge in [-0.05, 0) is 12.1 Å². The fourth-order valence-corrected chi connectivity index (χ4v) is 1.71. The summed E-state index contributed by atoms with van der Waals surface area (Å²) >= 11 is 0. The lowest BCUT2D eigenvalue weighted by Crippen LogP contribution is -2.43. The van der Waals surface area contributed by atoms with E-state index in [1.165, 1.54) is 0 Å². The summed E-state index contributed by atoms with van der Waals surface area (Å²) in [6.07, 6.45) is 0. The molecule has 4 N–H and O–H groups in total. The number of aliphatic hydroxyl groups excluding tert-OH is 1. The van der Waals surface area contributed by atoms with Crippen LogP contribution in [0.4, 0.5) is 0 Å². The van der Waals surface area contributed by atoms with Gasteiger partial charge in [-0.25, -0.2) is 4.21 Å². The van der Waals surface area contributed by atoms with E-state index in [-0.39, 0.29) is 0 Å². The first-order valence-corrected chi connectivity index (χ1v) is 5.44. The maximum Gasteiger partial charge on any atom is 0.251 e. The Balaban J connectivity index is 2.61. The van der Waals surface area contributed by atoms with E-state index in [0.29, 0.717) is 4.90 Å². The summed E-state index contributed by atoms with van der Waals surface area (Å²) in [5.41, 5.74) is 5.25. The Labute approximate surface area is 89.9 Å². The van der Waals surface area contributed by atoms with Crippen LogP contribution in [0.25, 0.3) is 0 Å². The average molecular weight is 228 g/mol. The summed E-state index contributed by atoms with van der Waals surface area (Å²) in [7, 11) is -1.63. The molecule has 0 saturated heterocycles. The monoisotopic (exact) mass is 228 g/mol. The number of nitrogens with two attached hydrogens (primary N) is 1. The number of aliphatic hydroxyl groups is 1. The van der Waals surface area contributed by atoms with Gasteiger partial charge in [0.05, 0.1) is 11.5 Å². The Morgan fingerprint density at radius 1 is 1.47 bits per heavy atom. The van der Waals surface area contributed by atoms with Crippen LogP contribution in [0.15, 0.2) is 35.2 Å².